The van der Waals surface area contributed by atoms with Crippen LogP contribution in [0.3, 0.4) is 0 Å². The SMILES string of the molecule is N#CC1CCN(C(=O)N2CCOc3ccc(-c4cnc5nc(N)[nH]c5c4)cc3C2)CC1. The largest absolute Gasteiger partial charge is 0.491 e. The number of benzene rings is 1. The smallest absolute Gasteiger partial charge is 0.320 e. The van der Waals surface area contributed by atoms with Crippen molar-refractivity contribution >= 4 is 23.1 Å². The van der Waals surface area contributed by atoms with Crippen molar-refractivity contribution in [2.75, 3.05) is 32.0 Å². The number of nitrogen functional groups attached to an aromatic ring is 1. The van der Waals surface area contributed by atoms with Gasteiger partial charge in [0.1, 0.15) is 12.4 Å². The summed E-state index contributed by atoms with van der Waals surface area (Å²) in [4.78, 5) is 28.3. The number of H-pyrrole nitrogens is 1. The van der Waals surface area contributed by atoms with Crippen molar-refractivity contribution in [3.8, 4) is 22.9 Å². The van der Waals surface area contributed by atoms with E-state index in [1.807, 2.05) is 34.1 Å². The topological polar surface area (TPSA) is 124 Å². The highest BCUT2D eigenvalue weighted by molar-refractivity contribution is 5.80. The minimum atomic E-state index is 0.00858. The third-order valence-corrected chi connectivity index (χ3v) is 5.95. The summed E-state index contributed by atoms with van der Waals surface area (Å²) < 4.78 is 5.91. The summed E-state index contributed by atoms with van der Waals surface area (Å²) in [6.45, 7) is 2.71. The third kappa shape index (κ3) is 3.72. The summed E-state index contributed by atoms with van der Waals surface area (Å²) in [6, 6.07) is 10.3. The van der Waals surface area contributed by atoms with Crippen molar-refractivity contribution in [1.82, 2.24) is 24.8 Å². The highest BCUT2D eigenvalue weighted by Crippen LogP contribution is 2.30. The summed E-state index contributed by atoms with van der Waals surface area (Å²) in [5.41, 5.74) is 9.95. The van der Waals surface area contributed by atoms with E-state index in [1.165, 1.54) is 0 Å². The molecule has 0 unspecified atom stereocenters. The number of pyridine rings is 1. The fourth-order valence-corrected chi connectivity index (χ4v) is 4.21. The van der Waals surface area contributed by atoms with E-state index in [0.717, 1.165) is 40.8 Å². The number of aromatic amines is 1. The normalized spacial score (nSPS) is 17.0. The van der Waals surface area contributed by atoms with Gasteiger partial charge in [0.2, 0.25) is 0 Å². The van der Waals surface area contributed by atoms with Crippen molar-refractivity contribution in [3.05, 3.63) is 36.0 Å². The minimum absolute atomic E-state index is 0.00858. The number of piperidine rings is 1. The van der Waals surface area contributed by atoms with E-state index < -0.39 is 0 Å². The van der Waals surface area contributed by atoms with Gasteiger partial charge in [-0.2, -0.15) is 10.2 Å². The van der Waals surface area contributed by atoms with Gasteiger partial charge in [-0.1, -0.05) is 6.07 Å². The molecule has 0 bridgehead atoms. The first kappa shape index (κ1) is 19.2. The predicted molar refractivity (Wildman–Crippen MR) is 115 cm³/mol. The van der Waals surface area contributed by atoms with Crippen LogP contribution in [0.25, 0.3) is 22.3 Å². The number of nitrogens with one attached hydrogen (secondary N) is 1. The number of carbonyl (C=O) groups is 1. The monoisotopic (exact) mass is 417 g/mol. The number of urea groups is 1. The minimum Gasteiger partial charge on any atom is -0.491 e. The molecule has 2 aromatic heterocycles. The zero-order chi connectivity index (χ0) is 21.4. The van der Waals surface area contributed by atoms with Gasteiger partial charge in [-0.05, 0) is 36.6 Å². The number of nitrogens with two attached hydrogens (primary N) is 1. The second kappa shape index (κ2) is 7.80. The number of amides is 2. The second-order valence-corrected chi connectivity index (χ2v) is 7.98. The average molecular weight is 417 g/mol. The molecule has 9 nitrogen and oxygen atoms in total. The zero-order valence-electron chi connectivity index (χ0n) is 17.0. The first-order valence-corrected chi connectivity index (χ1v) is 10.4. The average Bonchev–Trinajstić information content (AvgIpc) is 3.04. The number of hydrogen-bond donors (Lipinski definition) is 2. The molecule has 5 rings (SSSR count). The van der Waals surface area contributed by atoms with Gasteiger partial charge in [-0.15, -0.1) is 0 Å². The van der Waals surface area contributed by atoms with Crippen molar-refractivity contribution in [3.63, 3.8) is 0 Å². The summed E-state index contributed by atoms with van der Waals surface area (Å²) in [6.07, 6.45) is 3.24. The highest BCUT2D eigenvalue weighted by Gasteiger charge is 2.28. The number of ether oxygens (including phenoxy) is 1. The first-order valence-electron chi connectivity index (χ1n) is 10.4. The van der Waals surface area contributed by atoms with Gasteiger partial charge < -0.3 is 25.3 Å². The van der Waals surface area contributed by atoms with Gasteiger partial charge in [0.25, 0.3) is 0 Å². The van der Waals surface area contributed by atoms with Crippen molar-refractivity contribution in [1.29, 1.82) is 5.26 Å². The molecule has 0 saturated carbocycles. The molecule has 0 aliphatic carbocycles. The number of likely N-dealkylation sites (tertiary alicyclic amines) is 1. The maximum atomic E-state index is 13.1. The van der Waals surface area contributed by atoms with Crippen LogP contribution in [0.15, 0.2) is 30.5 Å². The number of hydrogen-bond acceptors (Lipinski definition) is 6. The highest BCUT2D eigenvalue weighted by atomic mass is 16.5. The Morgan fingerprint density at radius 3 is 2.84 bits per heavy atom. The molecule has 158 valence electrons. The quantitative estimate of drug-likeness (QED) is 0.627. The van der Waals surface area contributed by atoms with E-state index in [-0.39, 0.29) is 11.9 Å². The number of anilines is 1. The van der Waals surface area contributed by atoms with Crippen LogP contribution in [0.5, 0.6) is 5.75 Å². The lowest BCUT2D eigenvalue weighted by molar-refractivity contribution is 0.132. The Hall–Kier alpha value is -3.80. The number of carbonyl (C=O) groups excluding carboxylic acids is 1. The number of aromatic nitrogens is 3. The number of nitrogens with zero attached hydrogens (tertiary/aromatic N) is 5. The lowest BCUT2D eigenvalue weighted by Crippen LogP contribution is -2.46. The van der Waals surface area contributed by atoms with E-state index in [2.05, 4.69) is 21.0 Å². The Labute approximate surface area is 179 Å². The van der Waals surface area contributed by atoms with Gasteiger partial charge >= 0.3 is 6.03 Å². The number of fused-ring (bicyclic) bond motifs is 2. The molecular weight excluding hydrogens is 394 g/mol. The van der Waals surface area contributed by atoms with Crippen LogP contribution < -0.4 is 10.5 Å². The first-order chi connectivity index (χ1) is 15.1. The van der Waals surface area contributed by atoms with Gasteiger partial charge in [-0.25, -0.2) is 9.78 Å². The Morgan fingerprint density at radius 2 is 2.03 bits per heavy atom. The molecule has 3 N–H and O–H groups in total. The van der Waals surface area contributed by atoms with Crippen molar-refractivity contribution in [2.24, 2.45) is 5.92 Å². The third-order valence-electron chi connectivity index (χ3n) is 5.95. The molecule has 2 aliphatic rings. The fraction of sp³-hybridized carbons (Fsp3) is 0.364. The molecule has 2 amide bonds. The Balaban J connectivity index is 1.38. The Kier molecular flexibility index (Phi) is 4.82. The second-order valence-electron chi connectivity index (χ2n) is 7.98. The van der Waals surface area contributed by atoms with Crippen LogP contribution in [0, 0.1) is 17.2 Å². The maximum Gasteiger partial charge on any atom is 0.320 e. The van der Waals surface area contributed by atoms with Gasteiger partial charge in [0.15, 0.2) is 11.6 Å². The molecule has 31 heavy (non-hydrogen) atoms. The van der Waals surface area contributed by atoms with Crippen LogP contribution in [0.1, 0.15) is 18.4 Å². The Morgan fingerprint density at radius 1 is 1.19 bits per heavy atom. The summed E-state index contributed by atoms with van der Waals surface area (Å²) in [5, 5.41) is 9.09. The molecule has 4 heterocycles. The lowest BCUT2D eigenvalue weighted by Gasteiger charge is -2.33. The van der Waals surface area contributed by atoms with E-state index in [1.54, 1.807) is 6.20 Å². The zero-order valence-corrected chi connectivity index (χ0v) is 17.0. The molecule has 1 fully saturated rings. The molecule has 2 aliphatic heterocycles. The van der Waals surface area contributed by atoms with E-state index in [4.69, 9.17) is 15.7 Å². The van der Waals surface area contributed by atoms with E-state index in [0.29, 0.717) is 44.4 Å². The maximum absolute atomic E-state index is 13.1. The van der Waals surface area contributed by atoms with E-state index in [9.17, 15) is 4.79 Å². The van der Waals surface area contributed by atoms with Gasteiger partial charge in [0.05, 0.1) is 24.7 Å². The summed E-state index contributed by atoms with van der Waals surface area (Å²) >= 11 is 0. The summed E-state index contributed by atoms with van der Waals surface area (Å²) in [7, 11) is 0. The van der Waals surface area contributed by atoms with Gasteiger partial charge in [0, 0.05) is 36.3 Å². The van der Waals surface area contributed by atoms with E-state index >= 15 is 0 Å². The Bertz CT molecular complexity index is 1170. The molecular formula is C22H23N7O2. The van der Waals surface area contributed by atoms with Crippen LogP contribution in [0.4, 0.5) is 10.7 Å². The lowest BCUT2D eigenvalue weighted by atomic mass is 9.99. The number of imidazole rings is 1. The van der Waals surface area contributed by atoms with Gasteiger partial charge in [-0.3, -0.25) is 0 Å². The summed E-state index contributed by atoms with van der Waals surface area (Å²) in [5.74, 6) is 1.18. The van der Waals surface area contributed by atoms with Crippen molar-refractivity contribution in [2.45, 2.75) is 19.4 Å². The fourth-order valence-electron chi connectivity index (χ4n) is 4.21. The molecule has 0 spiro atoms. The van der Waals surface area contributed by atoms with Crippen LogP contribution in [-0.2, 0) is 6.54 Å². The number of nitriles is 1. The van der Waals surface area contributed by atoms with Crippen molar-refractivity contribution < 1.29 is 9.53 Å². The molecule has 0 atom stereocenters. The molecule has 3 aromatic rings. The molecule has 1 saturated heterocycles. The van der Waals surface area contributed by atoms with Crippen LogP contribution in [0.2, 0.25) is 0 Å². The standard InChI is InChI=1S/C22H23N7O2/c23-11-14-3-5-28(6-4-14)22(30)29-7-8-31-19-2-1-15(9-17(19)13-29)16-10-18-20(25-12-16)27-21(24)26-18/h1-2,9-10,12,14H,3-8,13H2,(H3,24,25,26,27). The van der Waals surface area contributed by atoms with Crippen LogP contribution >= 0.6 is 0 Å². The molecule has 0 radical (unpaired) electrons. The predicted octanol–water partition coefficient (Wildman–Crippen LogP) is 2.76. The van der Waals surface area contributed by atoms with Crippen LogP contribution in [-0.4, -0.2) is 57.0 Å². The molecule has 9 heteroatoms. The molecule has 1 aromatic carbocycles. The number of rotatable bonds is 1.